The Morgan fingerprint density at radius 3 is 1.88 bits per heavy atom. The zero-order chi connectivity index (χ0) is 6.78. The van der Waals surface area contributed by atoms with Gasteiger partial charge in [0.25, 0.3) is 0 Å². The molecule has 0 aromatic rings. The molecule has 0 fully saturated rings. The molecule has 0 spiro atoms. The molecule has 0 N–H and O–H groups in total. The van der Waals surface area contributed by atoms with E-state index in [9.17, 15) is 9.70 Å². The maximum absolute atomic E-state index is 10.4. The number of nitroso groups, excluding NO2 is 1. The zero-order valence-electron chi connectivity index (χ0n) is 5.26. The van der Waals surface area contributed by atoms with Gasteiger partial charge in [-0.15, -0.1) is 4.91 Å². The first-order chi connectivity index (χ1) is 3.50. The van der Waals surface area contributed by atoms with Gasteiger partial charge in [-0.25, -0.2) is 0 Å². The third kappa shape index (κ3) is 1.40. The number of nitrogens with zero attached hydrogens (tertiary/aromatic N) is 1. The Morgan fingerprint density at radius 2 is 1.88 bits per heavy atom. The Labute approximate surface area is 48.1 Å². The van der Waals surface area contributed by atoms with Gasteiger partial charge in [-0.2, -0.15) is 0 Å². The molecular weight excluding hydrogens is 106 g/mol. The van der Waals surface area contributed by atoms with Crippen LogP contribution in [-0.4, -0.2) is 11.3 Å². The predicted octanol–water partition coefficient (Wildman–Crippen LogP) is 1.12. The maximum atomic E-state index is 10.4. The summed E-state index contributed by atoms with van der Waals surface area (Å²) in [6, 6.07) is 0. The number of hydrogen-bond donors (Lipinski definition) is 0. The van der Waals surface area contributed by atoms with Gasteiger partial charge in [0.2, 0.25) is 0 Å². The lowest BCUT2D eigenvalue weighted by molar-refractivity contribution is -0.120. The summed E-state index contributed by atoms with van der Waals surface area (Å²) < 4.78 is 0. The zero-order valence-corrected chi connectivity index (χ0v) is 5.26. The van der Waals surface area contributed by atoms with E-state index in [4.69, 9.17) is 0 Å². The molecule has 0 saturated heterocycles. The minimum absolute atomic E-state index is 0.201. The number of ketones is 1. The smallest absolute Gasteiger partial charge is 0.160 e. The van der Waals surface area contributed by atoms with E-state index in [0.717, 1.165) is 0 Å². The van der Waals surface area contributed by atoms with E-state index >= 15 is 0 Å². The van der Waals surface area contributed by atoms with Gasteiger partial charge >= 0.3 is 0 Å². The number of hydrogen-bond acceptors (Lipinski definition) is 3. The molecule has 0 heterocycles. The second-order valence-electron chi connectivity index (χ2n) is 2.21. The van der Waals surface area contributed by atoms with Gasteiger partial charge < -0.3 is 0 Å². The lowest BCUT2D eigenvalue weighted by atomic mass is 10.0. The van der Waals surface area contributed by atoms with Crippen LogP contribution in [0, 0.1) is 4.91 Å². The molecule has 0 aliphatic heterocycles. The standard InChI is InChI=1S/C5H9NO2/c1-4(7)5(2,3)6-8/h1-3H3. The van der Waals surface area contributed by atoms with Crippen LogP contribution in [0.3, 0.4) is 0 Å². The van der Waals surface area contributed by atoms with Gasteiger partial charge in [0.1, 0.15) is 0 Å². The van der Waals surface area contributed by atoms with Crippen LogP contribution >= 0.6 is 0 Å². The van der Waals surface area contributed by atoms with Crippen LogP contribution in [0.15, 0.2) is 5.18 Å². The molecule has 0 radical (unpaired) electrons. The van der Waals surface area contributed by atoms with E-state index in [1.165, 1.54) is 20.8 Å². The molecule has 3 nitrogen and oxygen atoms in total. The fourth-order valence-electron chi connectivity index (χ4n) is 0.0643. The van der Waals surface area contributed by atoms with Crippen LogP contribution < -0.4 is 0 Å². The number of carbonyl (C=O) groups excluding carboxylic acids is 1. The topological polar surface area (TPSA) is 46.5 Å². The van der Waals surface area contributed by atoms with Gasteiger partial charge in [0, 0.05) is 0 Å². The average Bonchev–Trinajstić information content (AvgIpc) is 1.67. The van der Waals surface area contributed by atoms with Crippen molar-refractivity contribution in [2.75, 3.05) is 0 Å². The molecule has 0 rings (SSSR count). The summed E-state index contributed by atoms with van der Waals surface area (Å²) in [6.07, 6.45) is 0. The quantitative estimate of drug-likeness (QED) is 0.506. The van der Waals surface area contributed by atoms with E-state index in [1.807, 2.05) is 0 Å². The van der Waals surface area contributed by atoms with E-state index in [1.54, 1.807) is 0 Å². The highest BCUT2D eigenvalue weighted by atomic mass is 16.3. The first-order valence-electron chi connectivity index (χ1n) is 2.36. The van der Waals surface area contributed by atoms with Crippen LogP contribution in [0.25, 0.3) is 0 Å². The molecule has 0 aliphatic rings. The number of carbonyl (C=O) groups is 1. The second-order valence-corrected chi connectivity index (χ2v) is 2.21. The molecule has 0 unspecified atom stereocenters. The fraction of sp³-hybridized carbons (Fsp3) is 0.800. The predicted molar refractivity (Wildman–Crippen MR) is 30.6 cm³/mol. The van der Waals surface area contributed by atoms with Gasteiger partial charge in [0.05, 0.1) is 0 Å². The van der Waals surface area contributed by atoms with Crippen molar-refractivity contribution in [3.63, 3.8) is 0 Å². The molecule has 0 aromatic heterocycles. The van der Waals surface area contributed by atoms with Gasteiger partial charge in [-0.1, -0.05) is 5.18 Å². The van der Waals surface area contributed by atoms with Gasteiger partial charge in [-0.05, 0) is 20.8 Å². The summed E-state index contributed by atoms with van der Waals surface area (Å²) >= 11 is 0. The monoisotopic (exact) mass is 115 g/mol. The average molecular weight is 115 g/mol. The molecule has 0 aliphatic carbocycles. The van der Waals surface area contributed by atoms with Crippen molar-refractivity contribution in [1.82, 2.24) is 0 Å². The number of rotatable bonds is 2. The van der Waals surface area contributed by atoms with Crippen molar-refractivity contribution >= 4 is 5.78 Å². The lowest BCUT2D eigenvalue weighted by Gasteiger charge is -2.07. The molecule has 0 saturated carbocycles. The first kappa shape index (κ1) is 7.27. The van der Waals surface area contributed by atoms with Gasteiger partial charge in [0.15, 0.2) is 11.3 Å². The van der Waals surface area contributed by atoms with E-state index in [2.05, 4.69) is 5.18 Å². The molecule has 0 atom stereocenters. The molecule has 0 amide bonds. The maximum Gasteiger partial charge on any atom is 0.160 e. The Hall–Kier alpha value is -0.730. The van der Waals surface area contributed by atoms with Crippen LogP contribution in [0.4, 0.5) is 0 Å². The highest BCUT2D eigenvalue weighted by Crippen LogP contribution is 2.07. The summed E-state index contributed by atoms with van der Waals surface area (Å²) in [5.74, 6) is -0.201. The lowest BCUT2D eigenvalue weighted by Crippen LogP contribution is -2.25. The van der Waals surface area contributed by atoms with E-state index < -0.39 is 5.54 Å². The van der Waals surface area contributed by atoms with Crippen molar-refractivity contribution in [2.45, 2.75) is 26.3 Å². The molecule has 0 bridgehead atoms. The Balaban J connectivity index is 4.12. The molecule has 3 heteroatoms. The minimum atomic E-state index is -1.03. The Morgan fingerprint density at radius 1 is 1.50 bits per heavy atom. The summed E-state index contributed by atoms with van der Waals surface area (Å²) in [5.41, 5.74) is -1.03. The summed E-state index contributed by atoms with van der Waals surface area (Å²) in [7, 11) is 0. The summed E-state index contributed by atoms with van der Waals surface area (Å²) in [6.45, 7) is 4.33. The van der Waals surface area contributed by atoms with Crippen molar-refractivity contribution in [3.8, 4) is 0 Å². The summed E-state index contributed by atoms with van der Waals surface area (Å²) in [5, 5.41) is 2.62. The Bertz CT molecular complexity index is 118. The van der Waals surface area contributed by atoms with Crippen LogP contribution in [-0.2, 0) is 4.79 Å². The number of Topliss-reactive ketones (excluding diaryl/α,β-unsaturated/α-hetero) is 1. The molecule has 0 aromatic carbocycles. The normalized spacial score (nSPS) is 10.9. The van der Waals surface area contributed by atoms with E-state index in [-0.39, 0.29) is 5.78 Å². The third-order valence-electron chi connectivity index (χ3n) is 1.09. The van der Waals surface area contributed by atoms with Gasteiger partial charge in [-0.3, -0.25) is 4.79 Å². The van der Waals surface area contributed by atoms with Crippen molar-refractivity contribution in [3.05, 3.63) is 4.91 Å². The molecule has 8 heavy (non-hydrogen) atoms. The minimum Gasteiger partial charge on any atom is -0.297 e. The first-order valence-corrected chi connectivity index (χ1v) is 2.36. The Kier molecular flexibility index (Phi) is 1.84. The third-order valence-corrected chi connectivity index (χ3v) is 1.09. The van der Waals surface area contributed by atoms with Crippen molar-refractivity contribution in [1.29, 1.82) is 0 Å². The highest BCUT2D eigenvalue weighted by Gasteiger charge is 2.23. The fourth-order valence-corrected chi connectivity index (χ4v) is 0.0643. The SMILES string of the molecule is CC(=O)C(C)(C)N=O. The molecule has 46 valence electrons. The van der Waals surface area contributed by atoms with Crippen LogP contribution in [0.1, 0.15) is 20.8 Å². The largest absolute Gasteiger partial charge is 0.297 e. The van der Waals surface area contributed by atoms with E-state index in [0.29, 0.717) is 0 Å². The van der Waals surface area contributed by atoms with Crippen molar-refractivity contribution < 1.29 is 4.79 Å². The second kappa shape index (κ2) is 2.03. The van der Waals surface area contributed by atoms with Crippen LogP contribution in [0.5, 0.6) is 0 Å². The van der Waals surface area contributed by atoms with Crippen molar-refractivity contribution in [2.24, 2.45) is 5.18 Å². The highest BCUT2D eigenvalue weighted by molar-refractivity contribution is 5.85. The van der Waals surface area contributed by atoms with Crippen LogP contribution in [0.2, 0.25) is 0 Å². The summed E-state index contributed by atoms with van der Waals surface area (Å²) in [4.78, 5) is 20.2. The molecular formula is C5H9NO2.